The second kappa shape index (κ2) is 8.67. The maximum Gasteiger partial charge on any atom is 0.246 e. The Bertz CT molecular complexity index is 1230. The molecule has 0 unspecified atom stereocenters. The predicted molar refractivity (Wildman–Crippen MR) is 105 cm³/mol. The number of carbonyl (C=O) groups excluding carboxylic acids is 1. The summed E-state index contributed by atoms with van der Waals surface area (Å²) in [7, 11) is -4.37. The third-order valence-electron chi connectivity index (χ3n) is 5.11. The average Bonchev–Trinajstić information content (AvgIpc) is 3.33. The van der Waals surface area contributed by atoms with Crippen molar-refractivity contribution in [1.82, 2.24) is 29.4 Å². The predicted octanol–water partition coefficient (Wildman–Crippen LogP) is 1.16. The van der Waals surface area contributed by atoms with Crippen molar-refractivity contribution >= 4 is 15.9 Å². The van der Waals surface area contributed by atoms with Gasteiger partial charge in [0.15, 0.2) is 17.5 Å². The Hall–Kier alpha value is -3.32. The van der Waals surface area contributed by atoms with E-state index in [4.69, 9.17) is 0 Å². The van der Waals surface area contributed by atoms with Crippen LogP contribution >= 0.6 is 0 Å². The molecular formula is C19H17F3N6O3S. The molecule has 1 aliphatic heterocycles. The first-order valence-electron chi connectivity index (χ1n) is 9.51. The molecule has 1 saturated heterocycles. The van der Waals surface area contributed by atoms with Crippen molar-refractivity contribution in [3.63, 3.8) is 0 Å². The quantitative estimate of drug-likeness (QED) is 0.523. The molecule has 4 rings (SSSR count). The van der Waals surface area contributed by atoms with Gasteiger partial charge >= 0.3 is 0 Å². The van der Waals surface area contributed by atoms with Gasteiger partial charge in [-0.05, 0) is 40.3 Å². The zero-order valence-electron chi connectivity index (χ0n) is 16.5. The maximum atomic E-state index is 14.0. The van der Waals surface area contributed by atoms with Crippen molar-refractivity contribution in [3.05, 3.63) is 65.7 Å². The van der Waals surface area contributed by atoms with Crippen LogP contribution in [0.3, 0.4) is 0 Å². The number of rotatable bonds is 5. The van der Waals surface area contributed by atoms with Crippen molar-refractivity contribution < 1.29 is 26.4 Å². The Morgan fingerprint density at radius 1 is 0.938 bits per heavy atom. The van der Waals surface area contributed by atoms with Crippen LogP contribution in [-0.2, 0) is 21.2 Å². The summed E-state index contributed by atoms with van der Waals surface area (Å²) >= 11 is 0. The highest BCUT2D eigenvalue weighted by molar-refractivity contribution is 7.89. The number of carbonyl (C=O) groups is 1. The van der Waals surface area contributed by atoms with Crippen molar-refractivity contribution in [2.45, 2.75) is 11.3 Å². The standard InChI is InChI=1S/C19H17F3N6O3S/c20-15-5-6-16(19(22)18(15)21)32(30,31)27-9-7-26(8-10-27)17(29)11-13-1-3-14(4-2-13)28-12-23-24-25-28/h1-6,12H,7-11H2. The van der Waals surface area contributed by atoms with Gasteiger partial charge in [-0.1, -0.05) is 12.1 Å². The van der Waals surface area contributed by atoms with E-state index >= 15 is 0 Å². The average molecular weight is 466 g/mol. The topological polar surface area (TPSA) is 101 Å². The smallest absolute Gasteiger partial charge is 0.246 e. The number of sulfonamides is 1. The van der Waals surface area contributed by atoms with Crippen LogP contribution in [0, 0.1) is 17.5 Å². The van der Waals surface area contributed by atoms with Gasteiger partial charge in [-0.2, -0.15) is 4.31 Å². The van der Waals surface area contributed by atoms with Crippen LogP contribution in [-0.4, -0.2) is 69.9 Å². The van der Waals surface area contributed by atoms with Crippen molar-refractivity contribution in [3.8, 4) is 5.69 Å². The molecule has 0 spiro atoms. The number of amides is 1. The van der Waals surface area contributed by atoms with Gasteiger partial charge in [-0.15, -0.1) is 5.10 Å². The molecule has 13 heteroatoms. The molecule has 0 N–H and O–H groups in total. The van der Waals surface area contributed by atoms with Crippen LogP contribution in [0.2, 0.25) is 0 Å². The van der Waals surface area contributed by atoms with Crippen LogP contribution in [0.4, 0.5) is 13.2 Å². The first-order valence-corrected chi connectivity index (χ1v) is 10.9. The number of benzene rings is 2. The van der Waals surface area contributed by atoms with E-state index in [2.05, 4.69) is 15.5 Å². The second-order valence-corrected chi connectivity index (χ2v) is 8.96. The molecule has 2 aromatic carbocycles. The third-order valence-corrected chi connectivity index (χ3v) is 7.03. The molecule has 0 bridgehead atoms. The molecule has 0 aliphatic carbocycles. The second-order valence-electron chi connectivity index (χ2n) is 7.06. The van der Waals surface area contributed by atoms with E-state index in [0.717, 1.165) is 15.6 Å². The van der Waals surface area contributed by atoms with E-state index in [1.807, 2.05) is 0 Å². The molecule has 2 heterocycles. The molecule has 0 radical (unpaired) electrons. The van der Waals surface area contributed by atoms with E-state index in [1.54, 1.807) is 24.3 Å². The SMILES string of the molecule is O=C(Cc1ccc(-n2cnnn2)cc1)N1CCN(S(=O)(=O)c2ccc(F)c(F)c2F)CC1. The zero-order valence-corrected chi connectivity index (χ0v) is 17.3. The molecule has 1 fully saturated rings. The van der Waals surface area contributed by atoms with Crippen LogP contribution in [0.5, 0.6) is 0 Å². The highest BCUT2D eigenvalue weighted by Gasteiger charge is 2.33. The molecule has 168 valence electrons. The Kier molecular flexibility index (Phi) is 5.93. The fraction of sp³-hybridized carbons (Fsp3) is 0.263. The first kappa shape index (κ1) is 21.9. The summed E-state index contributed by atoms with van der Waals surface area (Å²) in [5, 5.41) is 10.9. The van der Waals surface area contributed by atoms with Gasteiger partial charge in [0.2, 0.25) is 15.9 Å². The number of halogens is 3. The number of hydrogen-bond acceptors (Lipinski definition) is 6. The van der Waals surface area contributed by atoms with Crippen molar-refractivity contribution in [2.24, 2.45) is 0 Å². The van der Waals surface area contributed by atoms with Gasteiger partial charge in [0.25, 0.3) is 0 Å². The number of hydrogen-bond donors (Lipinski definition) is 0. The van der Waals surface area contributed by atoms with Gasteiger partial charge in [0.05, 0.1) is 12.1 Å². The van der Waals surface area contributed by atoms with Gasteiger partial charge in [-0.25, -0.2) is 26.3 Å². The summed E-state index contributed by atoms with van der Waals surface area (Å²) < 4.78 is 68.3. The normalized spacial score (nSPS) is 15.2. The molecule has 32 heavy (non-hydrogen) atoms. The molecule has 0 saturated carbocycles. The lowest BCUT2D eigenvalue weighted by molar-refractivity contribution is -0.131. The van der Waals surface area contributed by atoms with Crippen molar-refractivity contribution in [2.75, 3.05) is 26.2 Å². The van der Waals surface area contributed by atoms with Gasteiger partial charge in [0, 0.05) is 26.2 Å². The minimum absolute atomic E-state index is 0.0894. The van der Waals surface area contributed by atoms with Gasteiger partial charge in [-0.3, -0.25) is 4.79 Å². The number of tetrazole rings is 1. The summed E-state index contributed by atoms with van der Waals surface area (Å²) in [5.74, 6) is -5.27. The van der Waals surface area contributed by atoms with E-state index in [1.165, 1.54) is 15.9 Å². The van der Waals surface area contributed by atoms with Gasteiger partial charge < -0.3 is 4.90 Å². The Morgan fingerprint density at radius 3 is 2.25 bits per heavy atom. The molecule has 1 aromatic heterocycles. The summed E-state index contributed by atoms with van der Waals surface area (Å²) in [5.41, 5.74) is 1.49. The summed E-state index contributed by atoms with van der Waals surface area (Å²) in [6.45, 7) is -0.00632. The molecule has 1 amide bonds. The summed E-state index contributed by atoms with van der Waals surface area (Å²) in [6.07, 6.45) is 1.56. The van der Waals surface area contributed by atoms with Gasteiger partial charge in [0.1, 0.15) is 11.2 Å². The number of nitrogens with zero attached hydrogens (tertiary/aromatic N) is 6. The lowest BCUT2D eigenvalue weighted by Crippen LogP contribution is -2.51. The molecule has 9 nitrogen and oxygen atoms in total. The van der Waals surface area contributed by atoms with Crippen LogP contribution in [0.25, 0.3) is 5.69 Å². The Morgan fingerprint density at radius 2 is 1.62 bits per heavy atom. The lowest BCUT2D eigenvalue weighted by atomic mass is 10.1. The molecule has 3 aromatic rings. The van der Waals surface area contributed by atoms with Crippen LogP contribution < -0.4 is 0 Å². The van der Waals surface area contributed by atoms with Crippen LogP contribution in [0.15, 0.2) is 47.6 Å². The monoisotopic (exact) mass is 466 g/mol. The third kappa shape index (κ3) is 4.21. The Labute approximate surface area is 181 Å². The molecule has 1 aliphatic rings. The van der Waals surface area contributed by atoms with E-state index in [0.29, 0.717) is 12.1 Å². The molecular weight excluding hydrogens is 449 g/mol. The lowest BCUT2D eigenvalue weighted by Gasteiger charge is -2.34. The largest absolute Gasteiger partial charge is 0.340 e. The summed E-state index contributed by atoms with van der Waals surface area (Å²) in [6, 6.07) is 8.32. The fourth-order valence-corrected chi connectivity index (χ4v) is 4.84. The maximum absolute atomic E-state index is 14.0. The minimum Gasteiger partial charge on any atom is -0.340 e. The van der Waals surface area contributed by atoms with E-state index in [-0.39, 0.29) is 38.5 Å². The first-order chi connectivity index (χ1) is 15.3. The zero-order chi connectivity index (χ0) is 22.9. The highest BCUT2D eigenvalue weighted by Crippen LogP contribution is 2.24. The van der Waals surface area contributed by atoms with Crippen molar-refractivity contribution in [1.29, 1.82) is 0 Å². The summed E-state index contributed by atoms with van der Waals surface area (Å²) in [4.78, 5) is 13.2. The number of piperazine rings is 1. The van der Waals surface area contributed by atoms with Crippen LogP contribution in [0.1, 0.15) is 5.56 Å². The minimum atomic E-state index is -4.37. The van der Waals surface area contributed by atoms with E-state index in [9.17, 15) is 26.4 Å². The molecule has 0 atom stereocenters. The number of aromatic nitrogens is 4. The van der Waals surface area contributed by atoms with E-state index < -0.39 is 32.4 Å². The Balaban J connectivity index is 1.38. The fourth-order valence-electron chi connectivity index (χ4n) is 3.36. The highest BCUT2D eigenvalue weighted by atomic mass is 32.2.